The predicted molar refractivity (Wildman–Crippen MR) is 89.1 cm³/mol. The molecule has 0 spiro atoms. The number of hydrogen-bond donors (Lipinski definition) is 1. The summed E-state index contributed by atoms with van der Waals surface area (Å²) in [5.74, 6) is 0.410. The van der Waals surface area contributed by atoms with Crippen molar-refractivity contribution in [1.82, 2.24) is 4.57 Å². The maximum absolute atomic E-state index is 11.3. The minimum Gasteiger partial charge on any atom is -0.478 e. The highest BCUT2D eigenvalue weighted by atomic mass is 16.4. The molecule has 1 atom stereocenters. The van der Waals surface area contributed by atoms with Gasteiger partial charge in [0.05, 0.1) is 6.54 Å². The van der Waals surface area contributed by atoms with E-state index in [1.54, 1.807) is 6.92 Å². The van der Waals surface area contributed by atoms with Crippen LogP contribution in [0.4, 0.5) is 0 Å². The van der Waals surface area contributed by atoms with Crippen LogP contribution in [-0.4, -0.2) is 15.6 Å². The molecule has 0 bridgehead atoms. The smallest absolute Gasteiger partial charge is 0.349 e. The van der Waals surface area contributed by atoms with Crippen molar-refractivity contribution in [2.45, 2.75) is 91.6 Å². The van der Waals surface area contributed by atoms with E-state index in [1.165, 1.54) is 37.9 Å². The molecule has 126 valence electrons. The van der Waals surface area contributed by atoms with Gasteiger partial charge in [-0.1, -0.05) is 46.0 Å². The molecular formula is C18H33N2O2+. The van der Waals surface area contributed by atoms with Crippen LogP contribution in [0.2, 0.25) is 0 Å². The van der Waals surface area contributed by atoms with Gasteiger partial charge in [-0.05, 0) is 19.8 Å². The number of imidazole rings is 1. The molecule has 0 fully saturated rings. The van der Waals surface area contributed by atoms with Gasteiger partial charge in [0.2, 0.25) is 0 Å². The average Bonchev–Trinajstić information content (AvgIpc) is 2.79. The van der Waals surface area contributed by atoms with Crippen LogP contribution in [-0.2, 0) is 17.8 Å². The number of rotatable bonds is 11. The molecule has 0 aliphatic carbocycles. The molecule has 1 rings (SSSR count). The van der Waals surface area contributed by atoms with Gasteiger partial charge in [0.1, 0.15) is 11.9 Å². The molecule has 0 aliphatic heterocycles. The van der Waals surface area contributed by atoms with E-state index in [-0.39, 0.29) is 0 Å². The SMILES string of the molecule is CCCCCCCCc1n(CCC)c(C)c[n+]1C(C)C(=O)O. The highest BCUT2D eigenvalue weighted by Gasteiger charge is 2.27. The molecule has 0 saturated carbocycles. The van der Waals surface area contributed by atoms with Crippen molar-refractivity contribution < 1.29 is 14.5 Å². The van der Waals surface area contributed by atoms with Crippen molar-refractivity contribution in [3.8, 4) is 0 Å². The van der Waals surface area contributed by atoms with Crippen LogP contribution in [0.15, 0.2) is 6.20 Å². The number of aryl methyl sites for hydroxylation is 1. The van der Waals surface area contributed by atoms with Crippen LogP contribution in [0.3, 0.4) is 0 Å². The van der Waals surface area contributed by atoms with Gasteiger partial charge >= 0.3 is 5.97 Å². The standard InChI is InChI=1S/C18H32N2O2/c1-5-7-8-9-10-11-12-17-19(13-6-2)15(3)14-20(17)16(4)18(21)22/h14,16H,5-13H2,1-4H3/p+1. The number of carboxylic acid groups (broad SMARTS) is 1. The molecule has 0 radical (unpaired) electrons. The lowest BCUT2D eigenvalue weighted by Gasteiger charge is -2.08. The predicted octanol–water partition coefficient (Wildman–Crippen LogP) is 4.04. The third kappa shape index (κ3) is 5.15. The van der Waals surface area contributed by atoms with E-state index in [9.17, 15) is 9.90 Å². The monoisotopic (exact) mass is 309 g/mol. The Bertz CT molecular complexity index is 466. The molecule has 0 saturated heterocycles. The number of carbonyl (C=O) groups is 1. The first kappa shape index (κ1) is 18.7. The summed E-state index contributed by atoms with van der Waals surface area (Å²) in [4.78, 5) is 11.3. The van der Waals surface area contributed by atoms with Crippen LogP contribution < -0.4 is 4.57 Å². The fourth-order valence-corrected chi connectivity index (χ4v) is 3.00. The van der Waals surface area contributed by atoms with Crippen LogP contribution in [0.25, 0.3) is 0 Å². The summed E-state index contributed by atoms with van der Waals surface area (Å²) < 4.78 is 4.25. The lowest BCUT2D eigenvalue weighted by molar-refractivity contribution is -0.714. The van der Waals surface area contributed by atoms with Gasteiger partial charge in [-0.3, -0.25) is 0 Å². The number of hydrogen-bond acceptors (Lipinski definition) is 1. The summed E-state index contributed by atoms with van der Waals surface area (Å²) in [5.41, 5.74) is 1.16. The third-order valence-electron chi connectivity index (χ3n) is 4.34. The first-order valence-corrected chi connectivity index (χ1v) is 8.85. The quantitative estimate of drug-likeness (QED) is 0.495. The lowest BCUT2D eigenvalue weighted by atomic mass is 10.1. The molecule has 4 heteroatoms. The molecule has 1 heterocycles. The Labute approximate surface area is 135 Å². The van der Waals surface area contributed by atoms with Gasteiger partial charge in [-0.25, -0.2) is 13.9 Å². The van der Waals surface area contributed by atoms with Crippen molar-refractivity contribution in [2.24, 2.45) is 0 Å². The Morgan fingerprint density at radius 2 is 1.82 bits per heavy atom. The summed E-state index contributed by atoms with van der Waals surface area (Å²) in [6.07, 6.45) is 11.6. The maximum atomic E-state index is 11.3. The fourth-order valence-electron chi connectivity index (χ4n) is 3.00. The molecule has 0 amide bonds. The summed E-state index contributed by atoms with van der Waals surface area (Å²) in [7, 11) is 0. The van der Waals surface area contributed by atoms with Crippen LogP contribution >= 0.6 is 0 Å². The summed E-state index contributed by atoms with van der Waals surface area (Å²) in [6, 6.07) is -0.494. The van der Waals surface area contributed by atoms with Crippen molar-refractivity contribution in [1.29, 1.82) is 0 Å². The number of unbranched alkanes of at least 4 members (excludes halogenated alkanes) is 5. The molecular weight excluding hydrogens is 276 g/mol. The fraction of sp³-hybridized carbons (Fsp3) is 0.778. The largest absolute Gasteiger partial charge is 0.478 e. The second kappa shape index (κ2) is 9.65. The first-order valence-electron chi connectivity index (χ1n) is 8.85. The third-order valence-corrected chi connectivity index (χ3v) is 4.34. The van der Waals surface area contributed by atoms with Crippen molar-refractivity contribution in [2.75, 3.05) is 0 Å². The van der Waals surface area contributed by atoms with E-state index in [1.807, 2.05) is 10.8 Å². The van der Waals surface area contributed by atoms with Gasteiger partial charge < -0.3 is 5.11 Å². The summed E-state index contributed by atoms with van der Waals surface area (Å²) in [6.45, 7) is 9.21. The van der Waals surface area contributed by atoms with E-state index in [4.69, 9.17) is 0 Å². The minimum absolute atomic E-state index is 0.494. The topological polar surface area (TPSA) is 46.1 Å². The van der Waals surface area contributed by atoms with Crippen LogP contribution in [0, 0.1) is 6.92 Å². The minimum atomic E-state index is -0.761. The van der Waals surface area contributed by atoms with Crippen molar-refractivity contribution >= 4 is 5.97 Å². The molecule has 0 aliphatic rings. The average molecular weight is 309 g/mol. The van der Waals surface area contributed by atoms with E-state index in [2.05, 4.69) is 25.3 Å². The van der Waals surface area contributed by atoms with E-state index >= 15 is 0 Å². The van der Waals surface area contributed by atoms with Crippen LogP contribution in [0.1, 0.15) is 83.3 Å². The van der Waals surface area contributed by atoms with Crippen LogP contribution in [0.5, 0.6) is 0 Å². The number of aliphatic carboxylic acids is 1. The van der Waals surface area contributed by atoms with E-state index < -0.39 is 12.0 Å². The van der Waals surface area contributed by atoms with Gasteiger partial charge in [0.15, 0.2) is 6.04 Å². The molecule has 22 heavy (non-hydrogen) atoms. The molecule has 4 nitrogen and oxygen atoms in total. The molecule has 0 aromatic carbocycles. The zero-order valence-corrected chi connectivity index (χ0v) is 14.8. The van der Waals surface area contributed by atoms with Crippen molar-refractivity contribution in [3.63, 3.8) is 0 Å². The Morgan fingerprint density at radius 3 is 2.41 bits per heavy atom. The number of aromatic nitrogens is 2. The summed E-state index contributed by atoms with van der Waals surface area (Å²) in [5, 5.41) is 9.33. The zero-order chi connectivity index (χ0) is 16.5. The summed E-state index contributed by atoms with van der Waals surface area (Å²) >= 11 is 0. The molecule has 1 aromatic rings. The number of nitrogens with zero attached hydrogens (tertiary/aromatic N) is 2. The van der Waals surface area contributed by atoms with Gasteiger partial charge in [-0.15, -0.1) is 0 Å². The van der Waals surface area contributed by atoms with Gasteiger partial charge in [-0.2, -0.15) is 0 Å². The zero-order valence-electron chi connectivity index (χ0n) is 14.8. The lowest BCUT2D eigenvalue weighted by Crippen LogP contribution is -2.44. The van der Waals surface area contributed by atoms with E-state index in [0.717, 1.165) is 31.5 Å². The maximum Gasteiger partial charge on any atom is 0.349 e. The van der Waals surface area contributed by atoms with Gasteiger partial charge in [0.25, 0.3) is 5.82 Å². The van der Waals surface area contributed by atoms with E-state index in [0.29, 0.717) is 0 Å². The Hall–Kier alpha value is -1.32. The van der Waals surface area contributed by atoms with Gasteiger partial charge in [0, 0.05) is 13.3 Å². The Morgan fingerprint density at radius 1 is 1.18 bits per heavy atom. The second-order valence-electron chi connectivity index (χ2n) is 6.28. The molecule has 1 N–H and O–H groups in total. The molecule has 1 unspecified atom stereocenters. The highest BCUT2D eigenvalue weighted by molar-refractivity contribution is 5.69. The Kier molecular flexibility index (Phi) is 8.21. The molecule has 1 aromatic heterocycles. The van der Waals surface area contributed by atoms with Crippen molar-refractivity contribution in [3.05, 3.63) is 17.7 Å². The Balaban J connectivity index is 2.77. The highest BCUT2D eigenvalue weighted by Crippen LogP contribution is 2.13. The number of carboxylic acids is 1. The second-order valence-corrected chi connectivity index (χ2v) is 6.28. The first-order chi connectivity index (χ1) is 10.5. The normalized spacial score (nSPS) is 12.5.